The summed E-state index contributed by atoms with van der Waals surface area (Å²) in [6.45, 7) is 1.81. The van der Waals surface area contributed by atoms with Crippen molar-refractivity contribution < 1.29 is 28.0 Å². The summed E-state index contributed by atoms with van der Waals surface area (Å²) in [4.78, 5) is 37.1. The first-order chi connectivity index (χ1) is 15.1. The lowest BCUT2D eigenvalue weighted by molar-refractivity contribution is -0.121. The number of carbonyl (C=O) groups excluding carboxylic acids is 2. The number of nitrogens with one attached hydrogen (secondary N) is 1. The molecule has 1 aromatic heterocycles. The molecule has 1 fully saturated rings. The fraction of sp³-hybridized carbons (Fsp3) is 0.300. The second kappa shape index (κ2) is 9.43. The molecule has 2 aromatic rings. The van der Waals surface area contributed by atoms with Crippen molar-refractivity contribution in [2.75, 3.05) is 14.2 Å². The molecular formula is C20H21ClN4O6S. The number of aliphatic imine (C=N–C) groups is 1. The minimum Gasteiger partial charge on any atom is -0.504 e. The van der Waals surface area contributed by atoms with Crippen molar-refractivity contribution in [2.45, 2.75) is 30.3 Å². The molecule has 1 saturated carbocycles. The number of rotatable bonds is 7. The predicted molar refractivity (Wildman–Crippen MR) is 116 cm³/mol. The van der Waals surface area contributed by atoms with Gasteiger partial charge in [-0.1, -0.05) is 16.1 Å². The van der Waals surface area contributed by atoms with Crippen molar-refractivity contribution in [3.05, 3.63) is 47.2 Å². The van der Waals surface area contributed by atoms with E-state index in [2.05, 4.69) is 15.3 Å². The van der Waals surface area contributed by atoms with Gasteiger partial charge in [-0.15, -0.1) is 0 Å². The van der Waals surface area contributed by atoms with Gasteiger partial charge in [0.05, 0.1) is 18.6 Å². The van der Waals surface area contributed by atoms with Crippen LogP contribution in [-0.4, -0.2) is 60.5 Å². The van der Waals surface area contributed by atoms with Crippen LogP contribution >= 0.6 is 11.6 Å². The van der Waals surface area contributed by atoms with Crippen molar-refractivity contribution in [1.82, 2.24) is 14.8 Å². The van der Waals surface area contributed by atoms with Gasteiger partial charge in [0, 0.05) is 25.5 Å². The molecule has 0 radical (unpaired) electrons. The standard InChI is InChI=1S/C20H21ClN4O6S/c1-11(12-6-8-22-9-7-12)23-17-15(26)10-16(27)18(17)24-14-5-4-13(21)20(19(14)28)32(29,30)25(2)31-3/h4-9,11,17,23,28H,10H2,1-3H3. The van der Waals surface area contributed by atoms with Gasteiger partial charge in [0.25, 0.3) is 10.0 Å². The zero-order valence-electron chi connectivity index (χ0n) is 17.4. The number of phenolic OH excluding ortho intramolecular Hbond substituents is 1. The first kappa shape index (κ1) is 24.0. The Morgan fingerprint density at radius 1 is 1.28 bits per heavy atom. The van der Waals surface area contributed by atoms with Crippen LogP contribution in [0.4, 0.5) is 5.69 Å². The summed E-state index contributed by atoms with van der Waals surface area (Å²) in [7, 11) is -2.05. The molecule has 2 unspecified atom stereocenters. The topological polar surface area (TPSA) is 138 Å². The lowest BCUT2D eigenvalue weighted by atomic mass is 10.1. The van der Waals surface area contributed by atoms with Crippen molar-refractivity contribution in [3.63, 3.8) is 0 Å². The molecule has 2 N–H and O–H groups in total. The third kappa shape index (κ3) is 4.57. The molecule has 0 bridgehead atoms. The van der Waals surface area contributed by atoms with Crippen LogP contribution in [-0.2, 0) is 24.4 Å². The number of hydrogen-bond acceptors (Lipinski definition) is 9. The van der Waals surface area contributed by atoms with E-state index in [9.17, 15) is 23.1 Å². The Labute approximate surface area is 189 Å². The lowest BCUT2D eigenvalue weighted by Gasteiger charge is -2.19. The molecular weight excluding hydrogens is 460 g/mol. The minimum atomic E-state index is -4.31. The lowest BCUT2D eigenvalue weighted by Crippen LogP contribution is -2.40. The number of aromatic hydroxyl groups is 1. The van der Waals surface area contributed by atoms with Gasteiger partial charge in [0.1, 0.15) is 22.3 Å². The fourth-order valence-electron chi connectivity index (χ4n) is 3.19. The molecule has 0 aliphatic heterocycles. The van der Waals surface area contributed by atoms with Gasteiger partial charge in [-0.2, -0.15) is 0 Å². The molecule has 1 aliphatic carbocycles. The maximum Gasteiger partial charge on any atom is 0.269 e. The first-order valence-corrected chi connectivity index (χ1v) is 11.2. The minimum absolute atomic E-state index is 0.128. The Hall–Kier alpha value is -2.70. The van der Waals surface area contributed by atoms with Crippen LogP contribution in [0.3, 0.4) is 0 Å². The van der Waals surface area contributed by atoms with Crippen LogP contribution in [0.5, 0.6) is 5.75 Å². The summed E-state index contributed by atoms with van der Waals surface area (Å²) in [5, 5.41) is 13.4. The molecule has 0 saturated heterocycles. The SMILES string of the molecule is CON(C)S(=O)(=O)c1c(Cl)ccc(N=C2C(=O)CC(=O)C2NC(C)c2ccncc2)c1O. The second-order valence-corrected chi connectivity index (χ2v) is 9.29. The van der Waals surface area contributed by atoms with Crippen LogP contribution in [0.25, 0.3) is 0 Å². The van der Waals surface area contributed by atoms with Crippen molar-refractivity contribution in [3.8, 4) is 5.75 Å². The zero-order valence-corrected chi connectivity index (χ0v) is 19.0. The van der Waals surface area contributed by atoms with Crippen molar-refractivity contribution in [1.29, 1.82) is 0 Å². The van der Waals surface area contributed by atoms with Crippen LogP contribution in [0.1, 0.15) is 24.9 Å². The van der Waals surface area contributed by atoms with E-state index in [0.717, 1.165) is 19.7 Å². The molecule has 1 heterocycles. The average Bonchev–Trinajstić information content (AvgIpc) is 3.02. The smallest absolute Gasteiger partial charge is 0.269 e. The van der Waals surface area contributed by atoms with E-state index in [1.807, 2.05) is 6.92 Å². The van der Waals surface area contributed by atoms with Gasteiger partial charge in [0.2, 0.25) is 0 Å². The number of nitrogens with zero attached hydrogens (tertiary/aromatic N) is 3. The fourth-order valence-corrected chi connectivity index (χ4v) is 4.75. The first-order valence-electron chi connectivity index (χ1n) is 9.43. The van der Waals surface area contributed by atoms with Crippen molar-refractivity contribution >= 4 is 44.6 Å². The number of hydrogen-bond donors (Lipinski definition) is 2. The van der Waals surface area contributed by atoms with E-state index < -0.39 is 32.5 Å². The summed E-state index contributed by atoms with van der Waals surface area (Å²) in [6.07, 6.45) is 2.86. The third-order valence-corrected chi connectivity index (χ3v) is 7.18. The van der Waals surface area contributed by atoms with Crippen molar-refractivity contribution in [2.24, 2.45) is 4.99 Å². The average molecular weight is 481 g/mol. The zero-order chi connectivity index (χ0) is 23.6. The molecule has 12 heteroatoms. The third-order valence-electron chi connectivity index (χ3n) is 5.00. The highest BCUT2D eigenvalue weighted by molar-refractivity contribution is 7.89. The number of sulfonamides is 1. The van der Waals surface area contributed by atoms with E-state index in [1.54, 1.807) is 24.5 Å². The monoisotopic (exact) mass is 480 g/mol. The van der Waals surface area contributed by atoms with Crippen LogP contribution in [0.15, 0.2) is 46.5 Å². The number of Topliss-reactive ketones (excluding diaryl/α,β-unsaturated/α-hetero) is 2. The highest BCUT2D eigenvalue weighted by Gasteiger charge is 2.39. The number of pyridine rings is 1. The Morgan fingerprint density at radius 2 is 1.94 bits per heavy atom. The molecule has 10 nitrogen and oxygen atoms in total. The number of halogens is 1. The normalized spacial score (nSPS) is 19.2. The second-order valence-electron chi connectivity index (χ2n) is 7.01. The number of ketones is 2. The summed E-state index contributed by atoms with van der Waals surface area (Å²) >= 11 is 6.01. The molecule has 170 valence electrons. The van der Waals surface area contributed by atoms with Gasteiger partial charge in [-0.25, -0.2) is 13.4 Å². The summed E-state index contributed by atoms with van der Waals surface area (Å²) in [6, 6.07) is 4.68. The largest absolute Gasteiger partial charge is 0.504 e. The van der Waals surface area contributed by atoms with Gasteiger partial charge in [-0.3, -0.25) is 24.7 Å². The number of hydroxylamine groups is 1. The predicted octanol–water partition coefficient (Wildman–Crippen LogP) is 1.96. The molecule has 0 spiro atoms. The molecule has 1 aliphatic rings. The van der Waals surface area contributed by atoms with Gasteiger partial charge in [0.15, 0.2) is 17.3 Å². The van der Waals surface area contributed by atoms with Gasteiger partial charge >= 0.3 is 0 Å². The molecule has 3 rings (SSSR count). The maximum atomic E-state index is 12.6. The Balaban J connectivity index is 2.03. The van der Waals surface area contributed by atoms with E-state index in [-0.39, 0.29) is 34.7 Å². The molecule has 32 heavy (non-hydrogen) atoms. The Morgan fingerprint density at radius 3 is 2.56 bits per heavy atom. The highest BCUT2D eigenvalue weighted by Crippen LogP contribution is 2.40. The van der Waals surface area contributed by atoms with Crippen LogP contribution < -0.4 is 5.32 Å². The number of benzene rings is 1. The Kier molecular flexibility index (Phi) is 7.06. The molecule has 1 aromatic carbocycles. The van der Waals surface area contributed by atoms with E-state index in [1.165, 1.54) is 12.1 Å². The quantitative estimate of drug-likeness (QED) is 0.453. The summed E-state index contributed by atoms with van der Waals surface area (Å²) < 4.78 is 25.8. The summed E-state index contributed by atoms with van der Waals surface area (Å²) in [5.41, 5.74) is 0.493. The number of carbonyl (C=O) groups is 2. The van der Waals surface area contributed by atoms with Gasteiger partial charge in [-0.05, 0) is 36.8 Å². The Bertz CT molecular complexity index is 1190. The number of aromatic nitrogens is 1. The summed E-state index contributed by atoms with van der Waals surface area (Å²) in [5.74, 6) is -1.67. The van der Waals surface area contributed by atoms with Gasteiger partial charge < -0.3 is 5.11 Å². The van der Waals surface area contributed by atoms with E-state index >= 15 is 0 Å². The van der Waals surface area contributed by atoms with Crippen LogP contribution in [0, 0.1) is 0 Å². The highest BCUT2D eigenvalue weighted by atomic mass is 35.5. The van der Waals surface area contributed by atoms with Crippen LogP contribution in [0.2, 0.25) is 5.02 Å². The van der Waals surface area contributed by atoms with E-state index in [4.69, 9.17) is 16.4 Å². The van der Waals surface area contributed by atoms with E-state index in [0.29, 0.717) is 4.47 Å². The maximum absolute atomic E-state index is 12.6. The molecule has 0 amide bonds. The molecule has 2 atom stereocenters. The number of phenols is 1.